The standard InChI is InChI=1S/C12H10BrNOS2/c1-7(8-4-3-5-9(13)6-8)10-11(15)14(2)12(16)17-10/h3-6H,1-2H3/b10-7+. The van der Waals surface area contributed by atoms with Crippen molar-refractivity contribution in [3.8, 4) is 0 Å². The van der Waals surface area contributed by atoms with Gasteiger partial charge in [-0.05, 0) is 30.2 Å². The Morgan fingerprint density at radius 2 is 2.18 bits per heavy atom. The molecule has 0 atom stereocenters. The van der Waals surface area contributed by atoms with Gasteiger partial charge >= 0.3 is 0 Å². The summed E-state index contributed by atoms with van der Waals surface area (Å²) < 4.78 is 1.61. The van der Waals surface area contributed by atoms with Crippen LogP contribution in [0.4, 0.5) is 0 Å². The predicted molar refractivity (Wildman–Crippen MR) is 79.7 cm³/mol. The number of thioether (sulfide) groups is 1. The second-order valence-electron chi connectivity index (χ2n) is 3.70. The summed E-state index contributed by atoms with van der Waals surface area (Å²) in [6.45, 7) is 1.95. The molecule has 1 aliphatic heterocycles. The normalized spacial score (nSPS) is 18.9. The Kier molecular flexibility index (Phi) is 3.70. The van der Waals surface area contributed by atoms with Crippen LogP contribution in [0, 0.1) is 0 Å². The van der Waals surface area contributed by atoms with E-state index in [1.165, 1.54) is 16.7 Å². The SMILES string of the molecule is C/C(=C1\SC(=S)N(C)C1=O)c1cccc(Br)c1. The Morgan fingerprint density at radius 3 is 2.71 bits per heavy atom. The maximum absolute atomic E-state index is 12.0. The highest BCUT2D eigenvalue weighted by Crippen LogP contribution is 2.36. The van der Waals surface area contributed by atoms with E-state index in [-0.39, 0.29) is 5.91 Å². The van der Waals surface area contributed by atoms with Gasteiger partial charge in [-0.1, -0.05) is 52.0 Å². The minimum atomic E-state index is -0.0162. The zero-order chi connectivity index (χ0) is 12.6. The zero-order valence-corrected chi connectivity index (χ0v) is 12.6. The second-order valence-corrected chi connectivity index (χ2v) is 6.26. The van der Waals surface area contributed by atoms with Gasteiger partial charge in [0, 0.05) is 11.5 Å². The van der Waals surface area contributed by atoms with Crippen LogP contribution in [-0.2, 0) is 4.79 Å². The third kappa shape index (κ3) is 2.46. The van der Waals surface area contributed by atoms with Crippen LogP contribution >= 0.6 is 39.9 Å². The van der Waals surface area contributed by atoms with E-state index in [0.717, 1.165) is 20.5 Å². The number of rotatable bonds is 1. The van der Waals surface area contributed by atoms with Crippen LogP contribution in [0.3, 0.4) is 0 Å². The number of hydrogen-bond acceptors (Lipinski definition) is 3. The zero-order valence-electron chi connectivity index (χ0n) is 9.36. The van der Waals surface area contributed by atoms with Gasteiger partial charge in [-0.3, -0.25) is 9.69 Å². The van der Waals surface area contributed by atoms with E-state index >= 15 is 0 Å². The fraction of sp³-hybridized carbons (Fsp3) is 0.167. The number of likely N-dealkylation sites (N-methyl/N-ethyl adjacent to an activating group) is 1. The fourth-order valence-electron chi connectivity index (χ4n) is 1.52. The van der Waals surface area contributed by atoms with Gasteiger partial charge in [0.2, 0.25) is 0 Å². The quantitative estimate of drug-likeness (QED) is 0.579. The number of carbonyl (C=O) groups is 1. The molecule has 2 rings (SSSR count). The lowest BCUT2D eigenvalue weighted by Gasteiger charge is -2.06. The van der Waals surface area contributed by atoms with E-state index in [2.05, 4.69) is 15.9 Å². The summed E-state index contributed by atoms with van der Waals surface area (Å²) in [6.07, 6.45) is 0. The van der Waals surface area contributed by atoms with Crippen molar-refractivity contribution in [3.63, 3.8) is 0 Å². The third-order valence-electron chi connectivity index (χ3n) is 2.56. The van der Waals surface area contributed by atoms with Crippen molar-refractivity contribution in [1.82, 2.24) is 4.90 Å². The van der Waals surface area contributed by atoms with E-state index in [1.807, 2.05) is 31.2 Å². The van der Waals surface area contributed by atoms with Crippen molar-refractivity contribution >= 4 is 55.7 Å². The molecule has 1 aromatic carbocycles. The van der Waals surface area contributed by atoms with Gasteiger partial charge in [0.1, 0.15) is 4.32 Å². The van der Waals surface area contributed by atoms with E-state index in [9.17, 15) is 4.79 Å². The van der Waals surface area contributed by atoms with Crippen molar-refractivity contribution < 1.29 is 4.79 Å². The van der Waals surface area contributed by atoms with Gasteiger partial charge in [0.25, 0.3) is 5.91 Å². The van der Waals surface area contributed by atoms with Gasteiger partial charge in [-0.2, -0.15) is 0 Å². The molecular weight excluding hydrogens is 318 g/mol. The fourth-order valence-corrected chi connectivity index (χ4v) is 3.15. The molecular formula is C12H10BrNOS2. The van der Waals surface area contributed by atoms with Crippen molar-refractivity contribution in [2.75, 3.05) is 7.05 Å². The van der Waals surface area contributed by atoms with E-state index in [0.29, 0.717) is 4.32 Å². The van der Waals surface area contributed by atoms with Gasteiger partial charge in [0.05, 0.1) is 4.91 Å². The van der Waals surface area contributed by atoms with E-state index in [4.69, 9.17) is 12.2 Å². The van der Waals surface area contributed by atoms with Crippen LogP contribution in [0.2, 0.25) is 0 Å². The van der Waals surface area contributed by atoms with Crippen LogP contribution < -0.4 is 0 Å². The van der Waals surface area contributed by atoms with Crippen molar-refractivity contribution in [3.05, 3.63) is 39.2 Å². The molecule has 0 aromatic heterocycles. The lowest BCUT2D eigenvalue weighted by atomic mass is 10.1. The van der Waals surface area contributed by atoms with Crippen LogP contribution in [0.15, 0.2) is 33.6 Å². The minimum Gasteiger partial charge on any atom is -0.296 e. The maximum Gasteiger partial charge on any atom is 0.266 e. The van der Waals surface area contributed by atoms with Crippen molar-refractivity contribution in [1.29, 1.82) is 0 Å². The molecule has 1 aliphatic rings. The number of hydrogen-bond donors (Lipinski definition) is 0. The van der Waals surface area contributed by atoms with E-state index < -0.39 is 0 Å². The average molecular weight is 328 g/mol. The number of thiocarbonyl (C=S) groups is 1. The highest BCUT2D eigenvalue weighted by atomic mass is 79.9. The molecule has 0 N–H and O–H groups in total. The molecule has 17 heavy (non-hydrogen) atoms. The first kappa shape index (κ1) is 12.8. The molecule has 1 heterocycles. The highest BCUT2D eigenvalue weighted by molar-refractivity contribution is 9.10. The maximum atomic E-state index is 12.0. The minimum absolute atomic E-state index is 0.0162. The smallest absolute Gasteiger partial charge is 0.266 e. The lowest BCUT2D eigenvalue weighted by molar-refractivity contribution is -0.121. The second kappa shape index (κ2) is 4.92. The van der Waals surface area contributed by atoms with Crippen molar-refractivity contribution in [2.24, 2.45) is 0 Å². The molecule has 0 aliphatic carbocycles. The molecule has 1 fully saturated rings. The Bertz CT molecular complexity index is 539. The van der Waals surface area contributed by atoms with Crippen LogP contribution in [0.25, 0.3) is 5.57 Å². The summed E-state index contributed by atoms with van der Waals surface area (Å²) in [5, 5.41) is 0. The number of benzene rings is 1. The molecule has 0 radical (unpaired) electrons. The summed E-state index contributed by atoms with van der Waals surface area (Å²) >= 11 is 9.91. The number of amides is 1. The van der Waals surface area contributed by atoms with Gasteiger partial charge in [-0.25, -0.2) is 0 Å². The molecule has 1 saturated heterocycles. The topological polar surface area (TPSA) is 20.3 Å². The number of nitrogens with zero attached hydrogens (tertiary/aromatic N) is 1. The molecule has 0 bridgehead atoms. The van der Waals surface area contributed by atoms with Crippen molar-refractivity contribution in [2.45, 2.75) is 6.92 Å². The Hall–Kier alpha value is -0.650. The molecule has 0 saturated carbocycles. The van der Waals surface area contributed by atoms with E-state index in [1.54, 1.807) is 7.05 Å². The first-order chi connectivity index (χ1) is 8.00. The Labute approximate surface area is 118 Å². The van der Waals surface area contributed by atoms with Crippen LogP contribution in [-0.4, -0.2) is 22.2 Å². The summed E-state index contributed by atoms with van der Waals surface area (Å²) in [5.74, 6) is -0.0162. The predicted octanol–water partition coefficient (Wildman–Crippen LogP) is 3.67. The molecule has 1 amide bonds. The Morgan fingerprint density at radius 1 is 1.47 bits per heavy atom. The molecule has 88 valence electrons. The summed E-state index contributed by atoms with van der Waals surface area (Å²) in [5.41, 5.74) is 2.00. The number of halogens is 1. The largest absolute Gasteiger partial charge is 0.296 e. The average Bonchev–Trinajstić information content (AvgIpc) is 2.56. The summed E-state index contributed by atoms with van der Waals surface area (Å²) in [7, 11) is 1.71. The summed E-state index contributed by atoms with van der Waals surface area (Å²) in [4.78, 5) is 14.2. The van der Waals surface area contributed by atoms with Gasteiger partial charge < -0.3 is 0 Å². The number of allylic oxidation sites excluding steroid dienone is 1. The summed E-state index contributed by atoms with van der Waals surface area (Å²) in [6, 6.07) is 7.90. The monoisotopic (exact) mass is 327 g/mol. The first-order valence-corrected chi connectivity index (χ1v) is 6.99. The molecule has 2 nitrogen and oxygen atoms in total. The molecule has 0 unspecified atom stereocenters. The van der Waals surface area contributed by atoms with Crippen LogP contribution in [0.5, 0.6) is 0 Å². The first-order valence-electron chi connectivity index (χ1n) is 4.97. The lowest BCUT2D eigenvalue weighted by Crippen LogP contribution is -2.22. The number of carbonyl (C=O) groups excluding carboxylic acids is 1. The third-order valence-corrected chi connectivity index (χ3v) is 4.71. The van der Waals surface area contributed by atoms with Gasteiger partial charge in [-0.15, -0.1) is 0 Å². The molecule has 5 heteroatoms. The molecule has 1 aromatic rings. The van der Waals surface area contributed by atoms with Gasteiger partial charge in [0.15, 0.2) is 0 Å². The highest BCUT2D eigenvalue weighted by Gasteiger charge is 2.30. The molecule has 0 spiro atoms. The van der Waals surface area contributed by atoms with Crippen LogP contribution in [0.1, 0.15) is 12.5 Å². The Balaban J connectivity index is 2.46.